The zero-order valence-electron chi connectivity index (χ0n) is 16.7. The quantitative estimate of drug-likeness (QED) is 0.343. The average molecular weight is 365 g/mol. The van der Waals surface area contributed by atoms with Crippen LogP contribution in [0.5, 0.6) is 0 Å². The molecular weight excluding hydrogens is 342 g/mol. The summed E-state index contributed by atoms with van der Waals surface area (Å²) < 4.78 is 4.43. The molecule has 0 atom stereocenters. The molecule has 0 amide bonds. The minimum atomic E-state index is 0.644. The molecule has 0 unspecified atom stereocenters. The average Bonchev–Trinajstić information content (AvgIpc) is 2.70. The highest BCUT2D eigenvalue weighted by atomic mass is 15.0. The van der Waals surface area contributed by atoms with Gasteiger partial charge in [0.1, 0.15) is 0 Å². The van der Waals surface area contributed by atoms with Gasteiger partial charge < -0.3 is 0 Å². The molecule has 0 radical (unpaired) electrons. The Kier molecular flexibility index (Phi) is 4.41. The Hall–Kier alpha value is -3.51. The second kappa shape index (κ2) is 6.90. The number of hydrogen-bond donors (Lipinski definition) is 0. The smallest absolute Gasteiger partial charge is 0.210 e. The van der Waals surface area contributed by atoms with Crippen LogP contribution in [0.15, 0.2) is 66.9 Å². The van der Waals surface area contributed by atoms with Gasteiger partial charge in [-0.05, 0) is 18.4 Å². The zero-order valence-corrected chi connectivity index (χ0v) is 16.7. The number of rotatable bonds is 2. The maximum absolute atomic E-state index is 7.63. The van der Waals surface area contributed by atoms with E-state index in [0.29, 0.717) is 5.69 Å². The summed E-state index contributed by atoms with van der Waals surface area (Å²) in [6, 6.07) is 20.8. The van der Waals surface area contributed by atoms with E-state index in [-0.39, 0.29) is 0 Å². The molecule has 3 nitrogen and oxygen atoms in total. The van der Waals surface area contributed by atoms with Crippen LogP contribution in [0.4, 0.5) is 5.69 Å². The third-order valence-electron chi connectivity index (χ3n) is 5.43. The Morgan fingerprint density at radius 1 is 0.786 bits per heavy atom. The van der Waals surface area contributed by atoms with E-state index in [1.165, 1.54) is 16.5 Å². The first-order valence-electron chi connectivity index (χ1n) is 9.42. The Morgan fingerprint density at radius 3 is 2.25 bits per heavy atom. The van der Waals surface area contributed by atoms with Gasteiger partial charge in [-0.3, -0.25) is 0 Å². The van der Waals surface area contributed by atoms with Crippen molar-refractivity contribution in [2.45, 2.75) is 27.7 Å². The molecule has 0 fully saturated rings. The number of fused-ring (bicyclic) bond motifs is 1. The van der Waals surface area contributed by atoms with Gasteiger partial charge in [-0.25, -0.2) is 4.85 Å². The molecule has 0 bridgehead atoms. The van der Waals surface area contributed by atoms with Crippen LogP contribution < -0.4 is 9.13 Å². The van der Waals surface area contributed by atoms with E-state index < -0.39 is 0 Å². The third kappa shape index (κ3) is 2.84. The summed E-state index contributed by atoms with van der Waals surface area (Å²) in [6.45, 7) is 16.1. The van der Waals surface area contributed by atoms with Gasteiger partial charge in [-0.2, -0.15) is 9.13 Å². The lowest BCUT2D eigenvalue weighted by Gasteiger charge is -2.11. The lowest BCUT2D eigenvalue weighted by atomic mass is 10.0. The molecule has 2 aromatic carbocycles. The van der Waals surface area contributed by atoms with Crippen LogP contribution in [-0.2, 0) is 0 Å². The molecule has 4 aromatic rings. The lowest BCUT2D eigenvalue weighted by Crippen LogP contribution is -2.41. The van der Waals surface area contributed by atoms with Crippen LogP contribution in [0.3, 0.4) is 0 Å². The summed E-state index contributed by atoms with van der Waals surface area (Å²) in [6.07, 6.45) is 2.06. The molecule has 2 heterocycles. The standard InChI is InChI=1S/C25H23N3/c1-17-10-8-9-13-27(17)24-15-22(26-5)16-25(19(24)3)28-18(2)14-21-11-6-7-12-23(21)20(28)4/h6-16H,1-4H3/q+2. The van der Waals surface area contributed by atoms with Gasteiger partial charge >= 0.3 is 0 Å². The van der Waals surface area contributed by atoms with Crippen molar-refractivity contribution in [2.75, 3.05) is 0 Å². The third-order valence-corrected chi connectivity index (χ3v) is 5.43. The molecule has 0 aliphatic rings. The molecule has 28 heavy (non-hydrogen) atoms. The van der Waals surface area contributed by atoms with E-state index in [1.807, 2.05) is 24.3 Å². The first kappa shape index (κ1) is 17.9. The van der Waals surface area contributed by atoms with Crippen LogP contribution in [0.25, 0.3) is 27.0 Å². The summed E-state index contributed by atoms with van der Waals surface area (Å²) >= 11 is 0. The second-order valence-electron chi connectivity index (χ2n) is 7.23. The Morgan fingerprint density at radius 2 is 1.50 bits per heavy atom. The van der Waals surface area contributed by atoms with Gasteiger partial charge in [0.15, 0.2) is 29.0 Å². The van der Waals surface area contributed by atoms with Crippen molar-refractivity contribution >= 4 is 16.5 Å². The van der Waals surface area contributed by atoms with Crippen LogP contribution in [-0.4, -0.2) is 0 Å². The van der Waals surface area contributed by atoms with Crippen molar-refractivity contribution in [1.82, 2.24) is 0 Å². The van der Waals surface area contributed by atoms with Gasteiger partial charge in [-0.1, -0.05) is 24.3 Å². The summed E-state index contributed by atoms with van der Waals surface area (Å²) in [7, 11) is 0. The highest BCUT2D eigenvalue weighted by molar-refractivity contribution is 5.83. The number of pyridine rings is 2. The molecule has 0 saturated carbocycles. The van der Waals surface area contributed by atoms with Crippen molar-refractivity contribution in [3.05, 3.63) is 101 Å². The van der Waals surface area contributed by atoms with Gasteiger partial charge in [0, 0.05) is 56.5 Å². The first-order chi connectivity index (χ1) is 13.5. The number of aromatic nitrogens is 2. The van der Waals surface area contributed by atoms with Gasteiger partial charge in [0.05, 0.1) is 12.1 Å². The molecular formula is C25H23N3+2. The molecule has 2 aromatic heterocycles. The normalized spacial score (nSPS) is 10.8. The fraction of sp³-hybridized carbons (Fsp3) is 0.160. The van der Waals surface area contributed by atoms with Crippen molar-refractivity contribution in [3.8, 4) is 11.4 Å². The van der Waals surface area contributed by atoms with Crippen LogP contribution in [0.1, 0.15) is 22.6 Å². The van der Waals surface area contributed by atoms with E-state index in [9.17, 15) is 0 Å². The topological polar surface area (TPSA) is 12.1 Å². The van der Waals surface area contributed by atoms with Crippen molar-refractivity contribution in [3.63, 3.8) is 0 Å². The number of aryl methyl sites for hydroxylation is 3. The van der Waals surface area contributed by atoms with E-state index >= 15 is 0 Å². The summed E-state index contributed by atoms with van der Waals surface area (Å²) in [5.74, 6) is 0. The highest BCUT2D eigenvalue weighted by Crippen LogP contribution is 2.26. The van der Waals surface area contributed by atoms with Gasteiger partial charge in [0.2, 0.25) is 11.4 Å². The maximum Gasteiger partial charge on any atom is 0.210 e. The molecule has 4 rings (SSSR count). The fourth-order valence-corrected chi connectivity index (χ4v) is 4.01. The SMILES string of the molecule is [C-]#[N+]c1cc(-[n+]2ccccc2C)c(C)c(-[n+]2c(C)cc3ccccc3c2C)c1. The Balaban J connectivity index is 2.07. The Bertz CT molecular complexity index is 1260. The minimum Gasteiger partial charge on any atom is -0.238 e. The predicted molar refractivity (Wildman–Crippen MR) is 112 cm³/mol. The minimum absolute atomic E-state index is 0.644. The molecule has 3 heteroatoms. The van der Waals surface area contributed by atoms with Gasteiger partial charge in [0.25, 0.3) is 0 Å². The largest absolute Gasteiger partial charge is 0.238 e. The van der Waals surface area contributed by atoms with Gasteiger partial charge in [-0.15, -0.1) is 0 Å². The van der Waals surface area contributed by atoms with E-state index in [0.717, 1.165) is 28.3 Å². The summed E-state index contributed by atoms with van der Waals surface area (Å²) in [5, 5.41) is 2.46. The predicted octanol–water partition coefficient (Wildman–Crippen LogP) is 5.18. The van der Waals surface area contributed by atoms with Crippen LogP contribution in [0.2, 0.25) is 0 Å². The maximum atomic E-state index is 7.63. The molecule has 0 aliphatic carbocycles. The van der Waals surface area contributed by atoms with E-state index in [1.54, 1.807) is 0 Å². The molecule has 0 spiro atoms. The number of benzene rings is 2. The number of nitrogens with zero attached hydrogens (tertiary/aromatic N) is 3. The second-order valence-corrected chi connectivity index (χ2v) is 7.23. The highest BCUT2D eigenvalue weighted by Gasteiger charge is 2.26. The van der Waals surface area contributed by atoms with E-state index in [4.69, 9.17) is 6.57 Å². The summed E-state index contributed by atoms with van der Waals surface area (Å²) in [4.78, 5) is 3.76. The van der Waals surface area contributed by atoms with Crippen molar-refractivity contribution < 1.29 is 9.13 Å². The van der Waals surface area contributed by atoms with Crippen molar-refractivity contribution in [1.29, 1.82) is 0 Å². The first-order valence-corrected chi connectivity index (χ1v) is 9.42. The Labute approximate surface area is 166 Å². The van der Waals surface area contributed by atoms with Crippen molar-refractivity contribution in [2.24, 2.45) is 0 Å². The number of hydrogen-bond acceptors (Lipinski definition) is 0. The van der Waals surface area contributed by atoms with Crippen LogP contribution in [0, 0.1) is 34.3 Å². The fourth-order valence-electron chi connectivity index (χ4n) is 4.01. The molecule has 0 aliphatic heterocycles. The van der Waals surface area contributed by atoms with Crippen LogP contribution >= 0.6 is 0 Å². The monoisotopic (exact) mass is 365 g/mol. The molecule has 136 valence electrons. The zero-order chi connectivity index (χ0) is 19.8. The molecule has 0 saturated heterocycles. The summed E-state index contributed by atoms with van der Waals surface area (Å²) in [5.41, 5.74) is 7.37. The lowest BCUT2D eigenvalue weighted by molar-refractivity contribution is -0.614. The van der Waals surface area contributed by atoms with E-state index in [2.05, 4.69) is 84.3 Å². The molecule has 0 N–H and O–H groups in total.